The van der Waals surface area contributed by atoms with Gasteiger partial charge in [-0.1, -0.05) is 6.07 Å². The van der Waals surface area contributed by atoms with Crippen molar-refractivity contribution in [3.8, 4) is 34.5 Å². The number of ether oxygens (including phenoxy) is 2. The summed E-state index contributed by atoms with van der Waals surface area (Å²) in [4.78, 5) is 14.7. The zero-order valence-electron chi connectivity index (χ0n) is 13.1. The zero-order valence-corrected chi connectivity index (χ0v) is 13.1. The van der Waals surface area contributed by atoms with E-state index in [9.17, 15) is 18.0 Å². The van der Waals surface area contributed by atoms with E-state index in [0.717, 1.165) is 0 Å². The Morgan fingerprint density at radius 3 is 2.62 bits per heavy atom. The van der Waals surface area contributed by atoms with Crippen molar-refractivity contribution in [2.75, 3.05) is 7.11 Å². The molecule has 2 heterocycles. The second-order valence-electron chi connectivity index (χ2n) is 4.89. The van der Waals surface area contributed by atoms with Gasteiger partial charge in [0.2, 0.25) is 11.8 Å². The molecule has 134 valence electrons. The largest absolute Gasteiger partial charge is 0.497 e. The van der Waals surface area contributed by atoms with Crippen LogP contribution >= 0.6 is 0 Å². The number of rotatable bonds is 4. The second kappa shape index (κ2) is 6.82. The van der Waals surface area contributed by atoms with Crippen molar-refractivity contribution in [3.05, 3.63) is 42.6 Å². The summed E-state index contributed by atoms with van der Waals surface area (Å²) in [5.74, 6) is -2.47. The molecule has 0 aliphatic carbocycles. The number of benzene rings is 1. The Labute approximate surface area is 144 Å². The van der Waals surface area contributed by atoms with Gasteiger partial charge < -0.3 is 13.9 Å². The number of methoxy groups -OCH3 is 1. The Kier molecular flexibility index (Phi) is 4.57. The van der Waals surface area contributed by atoms with Gasteiger partial charge in [0.15, 0.2) is 0 Å². The van der Waals surface area contributed by atoms with Gasteiger partial charge in [-0.05, 0) is 30.3 Å². The van der Waals surface area contributed by atoms with Gasteiger partial charge in [-0.15, -0.1) is 10.2 Å². The summed E-state index contributed by atoms with van der Waals surface area (Å²) >= 11 is 0. The molecule has 0 atom stereocenters. The molecule has 0 aliphatic heterocycles. The summed E-state index contributed by atoms with van der Waals surface area (Å²) in [6, 6.07) is 9.53. The highest BCUT2D eigenvalue weighted by atomic mass is 19.4. The van der Waals surface area contributed by atoms with Gasteiger partial charge in [-0.3, -0.25) is 0 Å². The van der Waals surface area contributed by atoms with Crippen LogP contribution in [0.25, 0.3) is 22.9 Å². The van der Waals surface area contributed by atoms with E-state index in [0.29, 0.717) is 11.3 Å². The second-order valence-corrected chi connectivity index (χ2v) is 4.89. The average molecular weight is 365 g/mol. The van der Waals surface area contributed by atoms with E-state index in [1.54, 1.807) is 24.3 Å². The van der Waals surface area contributed by atoms with Gasteiger partial charge in [-0.2, -0.15) is 13.2 Å². The Morgan fingerprint density at radius 2 is 1.88 bits per heavy atom. The van der Waals surface area contributed by atoms with Crippen LogP contribution < -0.4 is 9.47 Å². The molecule has 0 radical (unpaired) electrons. The first-order valence-corrected chi connectivity index (χ1v) is 7.11. The van der Waals surface area contributed by atoms with E-state index in [4.69, 9.17) is 9.15 Å². The first kappa shape index (κ1) is 17.4. The number of esters is 1. The van der Waals surface area contributed by atoms with Crippen molar-refractivity contribution in [1.82, 2.24) is 15.2 Å². The molecule has 0 N–H and O–H groups in total. The molecular formula is C16H10F3N3O4. The molecule has 0 unspecified atom stereocenters. The quantitative estimate of drug-likeness (QED) is 0.656. The topological polar surface area (TPSA) is 87.3 Å². The minimum absolute atomic E-state index is 0.0493. The van der Waals surface area contributed by atoms with Crippen LogP contribution in [0.15, 0.2) is 47.0 Å². The average Bonchev–Trinajstić information content (AvgIpc) is 3.11. The first-order chi connectivity index (χ1) is 12.4. The molecule has 7 nitrogen and oxygen atoms in total. The van der Waals surface area contributed by atoms with Crippen LogP contribution in [0.2, 0.25) is 0 Å². The SMILES string of the molecule is COc1cccc(-c2nnc(-c3cccnc3OC(=O)C(F)(F)F)o2)c1. The maximum atomic E-state index is 12.4. The van der Waals surface area contributed by atoms with Crippen molar-refractivity contribution < 1.29 is 31.9 Å². The van der Waals surface area contributed by atoms with E-state index in [2.05, 4.69) is 19.9 Å². The van der Waals surface area contributed by atoms with E-state index in [1.807, 2.05) is 0 Å². The lowest BCUT2D eigenvalue weighted by Crippen LogP contribution is -2.28. The summed E-state index contributed by atoms with van der Waals surface area (Å²) < 4.78 is 52.1. The van der Waals surface area contributed by atoms with Crippen molar-refractivity contribution in [2.45, 2.75) is 6.18 Å². The molecule has 26 heavy (non-hydrogen) atoms. The van der Waals surface area contributed by atoms with Gasteiger partial charge in [0.1, 0.15) is 11.3 Å². The molecule has 2 aromatic heterocycles. The molecule has 3 rings (SSSR count). The number of alkyl halides is 3. The lowest BCUT2D eigenvalue weighted by Gasteiger charge is -2.07. The smallest absolute Gasteiger partial charge is 0.491 e. The first-order valence-electron chi connectivity index (χ1n) is 7.11. The minimum atomic E-state index is -5.16. The third-order valence-corrected chi connectivity index (χ3v) is 3.16. The van der Waals surface area contributed by atoms with Crippen molar-refractivity contribution in [2.24, 2.45) is 0 Å². The maximum Gasteiger partial charge on any atom is 0.491 e. The fourth-order valence-corrected chi connectivity index (χ4v) is 1.99. The van der Waals surface area contributed by atoms with Crippen LogP contribution in [-0.2, 0) is 4.79 Å². The Morgan fingerprint density at radius 1 is 1.12 bits per heavy atom. The minimum Gasteiger partial charge on any atom is -0.497 e. The summed E-state index contributed by atoms with van der Waals surface area (Å²) in [6.07, 6.45) is -3.99. The highest BCUT2D eigenvalue weighted by Gasteiger charge is 2.42. The molecular weight excluding hydrogens is 355 g/mol. The summed E-state index contributed by atoms with van der Waals surface area (Å²) in [7, 11) is 1.50. The molecule has 0 amide bonds. The van der Waals surface area contributed by atoms with Crippen LogP contribution in [0, 0.1) is 0 Å². The van der Waals surface area contributed by atoms with Crippen LogP contribution in [-0.4, -0.2) is 34.4 Å². The normalized spacial score (nSPS) is 11.2. The number of nitrogens with zero attached hydrogens (tertiary/aromatic N) is 3. The molecule has 0 saturated carbocycles. The number of carbonyl (C=O) groups is 1. The highest BCUT2D eigenvalue weighted by molar-refractivity contribution is 5.79. The number of hydrogen-bond donors (Lipinski definition) is 0. The molecule has 0 aliphatic rings. The van der Waals surface area contributed by atoms with Gasteiger partial charge in [0, 0.05) is 11.8 Å². The molecule has 0 spiro atoms. The van der Waals surface area contributed by atoms with Crippen LogP contribution in [0.1, 0.15) is 0 Å². The zero-order chi connectivity index (χ0) is 18.7. The molecule has 0 bridgehead atoms. The Balaban J connectivity index is 1.93. The molecule has 1 aromatic carbocycles. The van der Waals surface area contributed by atoms with Gasteiger partial charge in [-0.25, -0.2) is 9.78 Å². The van der Waals surface area contributed by atoms with Crippen LogP contribution in [0.5, 0.6) is 11.6 Å². The monoisotopic (exact) mass is 365 g/mol. The number of aromatic nitrogens is 3. The fourth-order valence-electron chi connectivity index (χ4n) is 1.99. The van der Waals surface area contributed by atoms with Crippen LogP contribution in [0.4, 0.5) is 13.2 Å². The van der Waals surface area contributed by atoms with Crippen molar-refractivity contribution in [1.29, 1.82) is 0 Å². The fraction of sp³-hybridized carbons (Fsp3) is 0.125. The molecule has 0 saturated heterocycles. The predicted molar refractivity (Wildman–Crippen MR) is 81.2 cm³/mol. The van der Waals surface area contributed by atoms with Crippen molar-refractivity contribution >= 4 is 5.97 Å². The molecule has 3 aromatic rings. The lowest BCUT2D eigenvalue weighted by atomic mass is 10.2. The number of hydrogen-bond acceptors (Lipinski definition) is 7. The lowest BCUT2D eigenvalue weighted by molar-refractivity contribution is -0.189. The Bertz CT molecular complexity index is 940. The third-order valence-electron chi connectivity index (χ3n) is 3.16. The van der Waals surface area contributed by atoms with E-state index in [1.165, 1.54) is 25.4 Å². The van der Waals surface area contributed by atoms with E-state index >= 15 is 0 Å². The Hall–Kier alpha value is -3.43. The van der Waals surface area contributed by atoms with Gasteiger partial charge in [0.05, 0.1) is 7.11 Å². The summed E-state index contributed by atoms with van der Waals surface area (Å²) in [6.45, 7) is 0. The standard InChI is InChI=1S/C16H10F3N3O4/c1-24-10-5-2-4-9(8-10)12-21-22-14(25-12)11-6-3-7-20-13(11)26-15(23)16(17,18)19/h2-8H,1H3. The van der Waals surface area contributed by atoms with Gasteiger partial charge >= 0.3 is 12.1 Å². The predicted octanol–water partition coefficient (Wildman–Crippen LogP) is 3.27. The summed E-state index contributed by atoms with van der Waals surface area (Å²) in [5, 5.41) is 7.62. The molecule has 10 heteroatoms. The summed E-state index contributed by atoms with van der Waals surface area (Å²) in [5.41, 5.74) is 0.493. The number of pyridine rings is 1. The van der Waals surface area contributed by atoms with E-state index in [-0.39, 0.29) is 17.3 Å². The van der Waals surface area contributed by atoms with Crippen molar-refractivity contribution in [3.63, 3.8) is 0 Å². The van der Waals surface area contributed by atoms with Gasteiger partial charge in [0.25, 0.3) is 5.89 Å². The third kappa shape index (κ3) is 3.63. The highest BCUT2D eigenvalue weighted by Crippen LogP contribution is 2.31. The number of halogens is 3. The number of carbonyl (C=O) groups excluding carboxylic acids is 1. The maximum absolute atomic E-state index is 12.4. The van der Waals surface area contributed by atoms with Crippen LogP contribution in [0.3, 0.4) is 0 Å². The van der Waals surface area contributed by atoms with E-state index < -0.39 is 18.0 Å². The molecule has 0 fully saturated rings.